The van der Waals surface area contributed by atoms with Gasteiger partial charge in [-0.15, -0.1) is 10.2 Å². The van der Waals surface area contributed by atoms with E-state index in [1.165, 1.54) is 93.4 Å². The van der Waals surface area contributed by atoms with Crippen molar-refractivity contribution in [3.8, 4) is 22.5 Å². The lowest BCUT2D eigenvalue weighted by Crippen LogP contribution is -2.63. The first-order valence-electron chi connectivity index (χ1n) is 27.0. The molecule has 4 saturated heterocycles. The number of amides is 4. The molecule has 472 valence electrons. The number of aliphatic hydroxyl groups is 6. The second-order valence-corrected chi connectivity index (χ2v) is 24.5. The highest BCUT2D eigenvalue weighted by Gasteiger charge is 2.55. The van der Waals surface area contributed by atoms with Gasteiger partial charge in [-0.2, -0.15) is 0 Å². The third-order valence-corrected chi connectivity index (χ3v) is 18.0. The van der Waals surface area contributed by atoms with Gasteiger partial charge < -0.3 is 69.2 Å². The number of β-amino-alcohol motifs (C(OH)–C–C–N with tert-alkyl or cyclic N) is 2. The van der Waals surface area contributed by atoms with Crippen LogP contribution in [0, 0.1) is 0 Å². The largest absolute Gasteiger partial charge is 0.394 e. The Morgan fingerprint density at radius 1 is 0.534 bits per heavy atom. The summed E-state index contributed by atoms with van der Waals surface area (Å²) >= 11 is 49.6. The average molecular weight is 1380 g/mol. The van der Waals surface area contributed by atoms with Crippen LogP contribution >= 0.6 is 92.8 Å². The normalized spacial score (nSPS) is 27.0. The fraction of sp³-hybridized carbons (Fsp3) is 0.429. The van der Waals surface area contributed by atoms with Gasteiger partial charge in [0.15, 0.2) is 12.2 Å². The molecule has 4 fully saturated rings. The molecule has 2 aromatic heterocycles. The van der Waals surface area contributed by atoms with E-state index in [0.29, 0.717) is 42.6 Å². The zero-order valence-electron chi connectivity index (χ0n) is 46.9. The number of carbonyl (C=O) groups excluding carboxylic acids is 4. The number of hydrogen-bond donors (Lipinski definition) is 6. The van der Waals surface area contributed by atoms with Crippen molar-refractivity contribution in [2.75, 3.05) is 63.4 Å². The third-order valence-electron chi connectivity index (χ3n) is 15.6. The van der Waals surface area contributed by atoms with Crippen LogP contribution in [0.3, 0.4) is 0 Å². The standard InChI is InChI=1S/2C28H29Cl4N5O7/c2*1-13(39)35-10-21(22(40)11-35)37(17-7-15(29)6-16(30)8-17)28(42)27-26(43-2)24(25(41)23(12-38)44-27)36-9-20(33-34-36)14-3-4-18(31)19(32)5-14/h2*3-9,21-27,38,40-41H,10-12H2,1-2H3/t21-,22-,23+,24-,25-,26+,27+;21-,22-,23-,24+,25+,26-,27-/m01/s1. The Hall–Kier alpha value is -5.04. The van der Waals surface area contributed by atoms with Crippen molar-refractivity contribution >= 4 is 128 Å². The number of aromatic nitrogens is 6. The molecule has 4 amide bonds. The van der Waals surface area contributed by atoms with E-state index in [0.717, 1.165) is 0 Å². The summed E-state index contributed by atoms with van der Waals surface area (Å²) in [4.78, 5) is 58.8. The van der Waals surface area contributed by atoms with E-state index in [4.69, 9.17) is 112 Å². The molecule has 0 radical (unpaired) electrons. The Balaban J connectivity index is 0.000000209. The van der Waals surface area contributed by atoms with Crippen LogP contribution in [0.15, 0.2) is 85.2 Å². The number of likely N-dealkylation sites (tertiary alicyclic amines) is 2. The summed E-state index contributed by atoms with van der Waals surface area (Å²) in [6.07, 6.45) is -9.57. The quantitative estimate of drug-likeness (QED) is 0.0760. The third kappa shape index (κ3) is 14.2. The topological polar surface area (TPSA) is 301 Å². The zero-order chi connectivity index (χ0) is 63.7. The number of halogens is 8. The summed E-state index contributed by atoms with van der Waals surface area (Å²) < 4.78 is 26.2. The van der Waals surface area contributed by atoms with E-state index in [9.17, 15) is 49.8 Å². The van der Waals surface area contributed by atoms with Crippen molar-refractivity contribution in [2.24, 2.45) is 0 Å². The van der Waals surface area contributed by atoms with E-state index in [-0.39, 0.29) is 69.5 Å². The Kier molecular flexibility index (Phi) is 21.9. The van der Waals surface area contributed by atoms with Crippen molar-refractivity contribution in [3.05, 3.63) is 125 Å². The summed E-state index contributed by atoms with van der Waals surface area (Å²) in [6.45, 7) is 1.47. The van der Waals surface area contributed by atoms with Crippen molar-refractivity contribution in [3.63, 3.8) is 0 Å². The van der Waals surface area contributed by atoms with Crippen molar-refractivity contribution in [1.82, 2.24) is 39.8 Å². The van der Waals surface area contributed by atoms with Crippen LogP contribution in [0.2, 0.25) is 40.2 Å². The highest BCUT2D eigenvalue weighted by atomic mass is 35.5. The Labute approximate surface area is 543 Å². The van der Waals surface area contributed by atoms with Gasteiger partial charge in [0.05, 0.1) is 70.0 Å². The lowest BCUT2D eigenvalue weighted by Gasteiger charge is -2.45. The van der Waals surface area contributed by atoms with E-state index in [2.05, 4.69) is 20.6 Å². The van der Waals surface area contributed by atoms with Gasteiger partial charge in [0.1, 0.15) is 60.1 Å². The van der Waals surface area contributed by atoms with E-state index in [1.807, 2.05) is 0 Å². The molecular weight excluding hydrogens is 1320 g/mol. The first kappa shape index (κ1) is 67.4. The van der Waals surface area contributed by atoms with Crippen molar-refractivity contribution < 1.29 is 68.8 Å². The molecule has 0 unspecified atom stereocenters. The zero-order valence-corrected chi connectivity index (χ0v) is 52.9. The molecule has 6 heterocycles. The number of ether oxygens (including phenoxy) is 4. The number of anilines is 2. The molecule has 32 heteroatoms. The van der Waals surface area contributed by atoms with Crippen LogP contribution in [0.5, 0.6) is 0 Å². The lowest BCUT2D eigenvalue weighted by molar-refractivity contribution is -0.211. The summed E-state index contributed by atoms with van der Waals surface area (Å²) in [5.74, 6) is -1.94. The molecule has 0 saturated carbocycles. The predicted octanol–water partition coefficient (Wildman–Crippen LogP) is 5.72. The minimum absolute atomic E-state index is 0.00560. The maximum Gasteiger partial charge on any atom is 0.259 e. The summed E-state index contributed by atoms with van der Waals surface area (Å²) in [6, 6.07) is 14.9. The van der Waals surface area contributed by atoms with Gasteiger partial charge >= 0.3 is 0 Å². The molecule has 88 heavy (non-hydrogen) atoms. The molecule has 14 atom stereocenters. The minimum atomic E-state index is -1.43. The number of methoxy groups -OCH3 is 2. The second-order valence-electron chi connectivity index (χ2n) is 21.1. The molecule has 10 rings (SSSR count). The maximum absolute atomic E-state index is 14.5. The van der Waals surface area contributed by atoms with Crippen LogP contribution in [0.1, 0.15) is 25.9 Å². The molecule has 0 bridgehead atoms. The number of carbonyl (C=O) groups is 4. The van der Waals surface area contributed by atoms with E-state index < -0.39 is 110 Å². The monoisotopic (exact) mass is 1370 g/mol. The maximum atomic E-state index is 14.5. The number of rotatable bonds is 14. The van der Waals surface area contributed by atoms with Crippen molar-refractivity contribution in [2.45, 2.75) is 99.1 Å². The SMILES string of the molecule is CO[C@@H]1[C@@H](n2cc(-c3ccc(Cl)c(Cl)c3)nn2)[C@@H](O)[C@@H](CO)O[C@H]1C(=O)N(c1cc(Cl)cc(Cl)c1)[C@@H]1CN(C(C)=O)C[C@H]1O.CO[C@@H]1[C@@H](n2cc(-c3ccc(Cl)c(Cl)c3)nn2)[C@@H](O)[C@@H](CO)O[C@H]1C(=O)N(c1cc(Cl)cc(Cl)c1)[C@H]1CN(C(C)=O)C[C@@H]1O. The Morgan fingerprint density at radius 3 is 1.18 bits per heavy atom. The molecule has 6 N–H and O–H groups in total. The summed E-state index contributed by atoms with van der Waals surface area (Å²) in [5, 5.41) is 84.0. The fourth-order valence-corrected chi connectivity index (χ4v) is 12.9. The first-order chi connectivity index (χ1) is 41.9. The minimum Gasteiger partial charge on any atom is -0.394 e. The number of aliphatic hydroxyl groups excluding tert-OH is 6. The molecule has 4 aromatic carbocycles. The molecular formula is C56H58Cl8N10O14. The van der Waals surface area contributed by atoms with Gasteiger partial charge in [-0.3, -0.25) is 19.2 Å². The Morgan fingerprint density at radius 2 is 0.886 bits per heavy atom. The molecule has 4 aliphatic rings. The van der Waals surface area contributed by atoms with Gasteiger partial charge in [0.25, 0.3) is 11.8 Å². The smallest absolute Gasteiger partial charge is 0.259 e. The fourth-order valence-electron chi connectivity index (χ4n) is 11.3. The molecule has 0 aliphatic carbocycles. The number of nitrogens with zero attached hydrogens (tertiary/aromatic N) is 10. The summed E-state index contributed by atoms with van der Waals surface area (Å²) in [7, 11) is 2.68. The second kappa shape index (κ2) is 28.6. The van der Waals surface area contributed by atoms with Crippen LogP contribution in [-0.2, 0) is 38.1 Å². The van der Waals surface area contributed by atoms with Gasteiger partial charge in [-0.25, -0.2) is 9.36 Å². The first-order valence-corrected chi connectivity index (χ1v) is 30.0. The van der Waals surface area contributed by atoms with Gasteiger partial charge in [0, 0.05) is 96.8 Å². The van der Waals surface area contributed by atoms with Crippen LogP contribution in [0.4, 0.5) is 11.4 Å². The molecule has 24 nitrogen and oxygen atoms in total. The van der Waals surface area contributed by atoms with Gasteiger partial charge in [-0.05, 0) is 60.7 Å². The Bertz CT molecular complexity index is 3270. The predicted molar refractivity (Wildman–Crippen MR) is 326 cm³/mol. The van der Waals surface area contributed by atoms with Gasteiger partial charge in [0.2, 0.25) is 11.8 Å². The number of hydrogen-bond acceptors (Lipinski definition) is 18. The average Bonchev–Trinajstić information content (AvgIpc) is 1.50. The highest BCUT2D eigenvalue weighted by Crippen LogP contribution is 2.40. The van der Waals surface area contributed by atoms with Crippen LogP contribution in [0.25, 0.3) is 22.5 Å². The van der Waals surface area contributed by atoms with Gasteiger partial charge in [-0.1, -0.05) is 115 Å². The lowest BCUT2D eigenvalue weighted by atomic mass is 9.91. The molecule has 0 spiro atoms. The van der Waals surface area contributed by atoms with Crippen LogP contribution in [-0.4, -0.2) is 221 Å². The molecule has 4 aliphatic heterocycles. The van der Waals surface area contributed by atoms with E-state index >= 15 is 0 Å². The highest BCUT2D eigenvalue weighted by molar-refractivity contribution is 6.42. The molecule has 6 aromatic rings. The van der Waals surface area contributed by atoms with E-state index in [1.54, 1.807) is 48.8 Å². The van der Waals surface area contributed by atoms with Crippen LogP contribution < -0.4 is 9.80 Å². The summed E-state index contributed by atoms with van der Waals surface area (Å²) in [5.41, 5.74) is 2.48. The number of benzene rings is 4. The van der Waals surface area contributed by atoms with Crippen molar-refractivity contribution in [1.29, 1.82) is 0 Å².